The zero-order valence-corrected chi connectivity index (χ0v) is 14.1. The SMILES string of the molecule is CC(=O)Nc1ccc(O[C@@H](C)C(=O)Nc2cccc(C(F)(F)F)c2)cc1. The predicted molar refractivity (Wildman–Crippen MR) is 90.9 cm³/mol. The molecule has 5 nitrogen and oxygen atoms in total. The molecular weight excluding hydrogens is 349 g/mol. The van der Waals surface area contributed by atoms with Crippen LogP contribution in [0.3, 0.4) is 0 Å². The van der Waals surface area contributed by atoms with Gasteiger partial charge in [-0.05, 0) is 49.4 Å². The average molecular weight is 366 g/mol. The third-order valence-electron chi connectivity index (χ3n) is 3.31. The Kier molecular flexibility index (Phi) is 5.86. The quantitative estimate of drug-likeness (QED) is 0.838. The van der Waals surface area contributed by atoms with E-state index in [9.17, 15) is 22.8 Å². The van der Waals surface area contributed by atoms with Gasteiger partial charge in [-0.2, -0.15) is 13.2 Å². The second kappa shape index (κ2) is 7.90. The number of nitrogens with one attached hydrogen (secondary N) is 2. The van der Waals surface area contributed by atoms with Crippen molar-refractivity contribution in [3.8, 4) is 5.75 Å². The Balaban J connectivity index is 1.98. The van der Waals surface area contributed by atoms with Crippen LogP contribution in [-0.2, 0) is 15.8 Å². The number of rotatable bonds is 5. The molecule has 138 valence electrons. The highest BCUT2D eigenvalue weighted by molar-refractivity contribution is 5.94. The Bertz CT molecular complexity index is 789. The van der Waals surface area contributed by atoms with Crippen LogP contribution in [0, 0.1) is 0 Å². The number of hydrogen-bond acceptors (Lipinski definition) is 3. The largest absolute Gasteiger partial charge is 0.481 e. The molecule has 0 aromatic heterocycles. The van der Waals surface area contributed by atoms with E-state index in [1.165, 1.54) is 26.0 Å². The standard InChI is InChI=1S/C18H17F3N2O3/c1-11(26-16-8-6-14(7-9-16)22-12(2)24)17(25)23-15-5-3-4-13(10-15)18(19,20)21/h3-11H,1-2H3,(H,22,24)(H,23,25)/t11-/m0/s1. The van der Waals surface area contributed by atoms with Gasteiger partial charge in [0.15, 0.2) is 6.10 Å². The molecule has 0 unspecified atom stereocenters. The highest BCUT2D eigenvalue weighted by Crippen LogP contribution is 2.30. The lowest BCUT2D eigenvalue weighted by Crippen LogP contribution is -2.30. The lowest BCUT2D eigenvalue weighted by atomic mass is 10.2. The lowest BCUT2D eigenvalue weighted by Gasteiger charge is -2.16. The molecule has 2 amide bonds. The average Bonchev–Trinajstić information content (AvgIpc) is 2.55. The molecule has 8 heteroatoms. The molecule has 0 saturated carbocycles. The number of anilines is 2. The molecule has 0 heterocycles. The number of alkyl halides is 3. The molecule has 2 aromatic rings. The predicted octanol–water partition coefficient (Wildman–Crippen LogP) is 4.07. The molecule has 2 aromatic carbocycles. The van der Waals surface area contributed by atoms with Gasteiger partial charge < -0.3 is 15.4 Å². The van der Waals surface area contributed by atoms with Crippen LogP contribution in [-0.4, -0.2) is 17.9 Å². The summed E-state index contributed by atoms with van der Waals surface area (Å²) in [5, 5.41) is 4.98. The summed E-state index contributed by atoms with van der Waals surface area (Å²) in [5.74, 6) is -0.423. The van der Waals surface area contributed by atoms with Gasteiger partial charge >= 0.3 is 6.18 Å². The van der Waals surface area contributed by atoms with E-state index in [1.807, 2.05) is 0 Å². The molecule has 0 radical (unpaired) electrons. The van der Waals surface area contributed by atoms with Gasteiger partial charge in [-0.25, -0.2) is 0 Å². The molecule has 26 heavy (non-hydrogen) atoms. The summed E-state index contributed by atoms with van der Waals surface area (Å²) in [6, 6.07) is 10.7. The molecule has 0 aliphatic heterocycles. The van der Waals surface area contributed by atoms with Crippen molar-refractivity contribution >= 4 is 23.2 Å². The Morgan fingerprint density at radius 3 is 2.23 bits per heavy atom. The smallest absolute Gasteiger partial charge is 0.416 e. The number of amides is 2. The Morgan fingerprint density at radius 1 is 1.00 bits per heavy atom. The highest BCUT2D eigenvalue weighted by Gasteiger charge is 2.30. The fraction of sp³-hybridized carbons (Fsp3) is 0.222. The Hall–Kier alpha value is -3.03. The summed E-state index contributed by atoms with van der Waals surface area (Å²) < 4.78 is 43.6. The minimum Gasteiger partial charge on any atom is -0.481 e. The third kappa shape index (κ3) is 5.51. The Morgan fingerprint density at radius 2 is 1.65 bits per heavy atom. The molecular formula is C18H17F3N2O3. The van der Waals surface area contributed by atoms with E-state index in [-0.39, 0.29) is 11.6 Å². The van der Waals surface area contributed by atoms with Crippen molar-refractivity contribution in [2.24, 2.45) is 0 Å². The number of carbonyl (C=O) groups excluding carboxylic acids is 2. The first-order valence-electron chi connectivity index (χ1n) is 7.67. The fourth-order valence-electron chi connectivity index (χ4n) is 2.09. The first-order chi connectivity index (χ1) is 12.1. The van der Waals surface area contributed by atoms with Gasteiger partial charge in [0.25, 0.3) is 5.91 Å². The maximum atomic E-state index is 12.7. The summed E-state index contributed by atoms with van der Waals surface area (Å²) in [6.07, 6.45) is -5.42. The molecule has 0 saturated heterocycles. The normalized spacial score (nSPS) is 12.2. The van der Waals surface area contributed by atoms with Crippen LogP contribution in [0.4, 0.5) is 24.5 Å². The third-order valence-corrected chi connectivity index (χ3v) is 3.31. The number of halogens is 3. The van der Waals surface area contributed by atoms with E-state index in [4.69, 9.17) is 4.74 Å². The molecule has 0 spiro atoms. The summed E-state index contributed by atoms with van der Waals surface area (Å²) in [4.78, 5) is 23.1. The molecule has 0 fully saturated rings. The van der Waals surface area contributed by atoms with Gasteiger partial charge in [0, 0.05) is 18.3 Å². The summed E-state index contributed by atoms with van der Waals surface area (Å²) in [6.45, 7) is 2.86. The van der Waals surface area contributed by atoms with E-state index < -0.39 is 23.8 Å². The monoisotopic (exact) mass is 366 g/mol. The van der Waals surface area contributed by atoms with Crippen molar-refractivity contribution in [3.05, 3.63) is 54.1 Å². The highest BCUT2D eigenvalue weighted by atomic mass is 19.4. The van der Waals surface area contributed by atoms with Crippen molar-refractivity contribution in [2.45, 2.75) is 26.1 Å². The van der Waals surface area contributed by atoms with Gasteiger partial charge in [0.1, 0.15) is 5.75 Å². The van der Waals surface area contributed by atoms with Gasteiger partial charge in [0.2, 0.25) is 5.91 Å². The van der Waals surface area contributed by atoms with Gasteiger partial charge in [-0.1, -0.05) is 6.07 Å². The van der Waals surface area contributed by atoms with Crippen molar-refractivity contribution in [1.29, 1.82) is 0 Å². The molecule has 1 atom stereocenters. The topological polar surface area (TPSA) is 67.4 Å². The zero-order valence-electron chi connectivity index (χ0n) is 14.1. The number of hydrogen-bond donors (Lipinski definition) is 2. The molecule has 0 bridgehead atoms. The minimum atomic E-state index is -4.49. The fourth-order valence-corrected chi connectivity index (χ4v) is 2.09. The van der Waals surface area contributed by atoms with E-state index in [0.717, 1.165) is 12.1 Å². The zero-order chi connectivity index (χ0) is 19.3. The molecule has 2 rings (SSSR count). The van der Waals surface area contributed by atoms with Crippen LogP contribution in [0.1, 0.15) is 19.4 Å². The van der Waals surface area contributed by atoms with E-state index in [1.54, 1.807) is 24.3 Å². The van der Waals surface area contributed by atoms with Crippen LogP contribution in [0.25, 0.3) is 0 Å². The van der Waals surface area contributed by atoms with Crippen LogP contribution >= 0.6 is 0 Å². The maximum absolute atomic E-state index is 12.7. The van der Waals surface area contributed by atoms with Crippen LogP contribution in [0.2, 0.25) is 0 Å². The van der Waals surface area contributed by atoms with E-state index >= 15 is 0 Å². The molecule has 0 aliphatic rings. The summed E-state index contributed by atoms with van der Waals surface area (Å²) >= 11 is 0. The first kappa shape index (κ1) is 19.3. The maximum Gasteiger partial charge on any atom is 0.416 e. The number of benzene rings is 2. The molecule has 0 aliphatic carbocycles. The van der Waals surface area contributed by atoms with Crippen molar-refractivity contribution in [1.82, 2.24) is 0 Å². The molecule has 2 N–H and O–H groups in total. The lowest BCUT2D eigenvalue weighted by molar-refractivity contribution is -0.137. The van der Waals surface area contributed by atoms with Gasteiger partial charge in [-0.3, -0.25) is 9.59 Å². The van der Waals surface area contributed by atoms with Crippen LogP contribution in [0.5, 0.6) is 5.75 Å². The number of carbonyl (C=O) groups is 2. The second-order valence-electron chi connectivity index (χ2n) is 5.53. The first-order valence-corrected chi connectivity index (χ1v) is 7.67. The minimum absolute atomic E-state index is 0.0290. The van der Waals surface area contributed by atoms with E-state index in [0.29, 0.717) is 11.4 Å². The Labute approximate surface area is 148 Å². The second-order valence-corrected chi connectivity index (χ2v) is 5.53. The van der Waals surface area contributed by atoms with Crippen LogP contribution < -0.4 is 15.4 Å². The number of ether oxygens (including phenoxy) is 1. The summed E-state index contributed by atoms with van der Waals surface area (Å²) in [7, 11) is 0. The summed E-state index contributed by atoms with van der Waals surface area (Å²) in [5.41, 5.74) is -0.246. The van der Waals surface area contributed by atoms with E-state index in [2.05, 4.69) is 10.6 Å². The van der Waals surface area contributed by atoms with Crippen molar-refractivity contribution in [3.63, 3.8) is 0 Å². The van der Waals surface area contributed by atoms with Gasteiger partial charge in [0.05, 0.1) is 5.56 Å². The van der Waals surface area contributed by atoms with Crippen molar-refractivity contribution < 1.29 is 27.5 Å². The van der Waals surface area contributed by atoms with Crippen LogP contribution in [0.15, 0.2) is 48.5 Å². The van der Waals surface area contributed by atoms with Crippen molar-refractivity contribution in [2.75, 3.05) is 10.6 Å². The van der Waals surface area contributed by atoms with Gasteiger partial charge in [-0.15, -0.1) is 0 Å².